The Morgan fingerprint density at radius 1 is 1.07 bits per heavy atom. The molecule has 29 heavy (non-hydrogen) atoms. The van der Waals surface area contributed by atoms with E-state index in [-0.39, 0.29) is 11.8 Å². The number of amides is 2. The summed E-state index contributed by atoms with van der Waals surface area (Å²) >= 11 is 0. The van der Waals surface area contributed by atoms with E-state index in [9.17, 15) is 9.59 Å². The number of benzene rings is 1. The lowest BCUT2D eigenvalue weighted by Crippen LogP contribution is -2.28. The highest BCUT2D eigenvalue weighted by Crippen LogP contribution is 2.31. The monoisotopic (exact) mass is 389 g/mol. The van der Waals surface area contributed by atoms with Crippen LogP contribution in [0.4, 0.5) is 17.1 Å². The summed E-state index contributed by atoms with van der Waals surface area (Å²) in [5.74, 6) is -0.168. The highest BCUT2D eigenvalue weighted by molar-refractivity contribution is 6.07. The third-order valence-corrected chi connectivity index (χ3v) is 4.94. The molecule has 7 nitrogen and oxygen atoms in total. The van der Waals surface area contributed by atoms with Gasteiger partial charge in [0.25, 0.3) is 5.91 Å². The molecule has 3 heterocycles. The van der Waals surface area contributed by atoms with Gasteiger partial charge in [-0.1, -0.05) is 6.07 Å². The highest BCUT2D eigenvalue weighted by atomic mass is 16.2. The molecule has 4 rings (SSSR count). The standard InChI is InChI=1S/C22H23N5O2/c1-14-8-9-18-20(26-17-7-5-6-16(12-17)25-15(2)28)19(13-23-21(18)24-14)22(29)27-10-3-4-11-27/h5-9,12-13H,3-4,10-11H2,1-2H3,(H,25,28)(H,23,24,26). The first-order valence-corrected chi connectivity index (χ1v) is 9.71. The summed E-state index contributed by atoms with van der Waals surface area (Å²) in [6.45, 7) is 4.91. The van der Waals surface area contributed by atoms with Crippen molar-refractivity contribution in [2.24, 2.45) is 0 Å². The van der Waals surface area contributed by atoms with Crippen LogP contribution in [0, 0.1) is 6.92 Å². The van der Waals surface area contributed by atoms with Crippen LogP contribution in [-0.2, 0) is 4.79 Å². The van der Waals surface area contributed by atoms with Crippen LogP contribution in [-0.4, -0.2) is 39.8 Å². The lowest BCUT2D eigenvalue weighted by atomic mass is 10.1. The van der Waals surface area contributed by atoms with Crippen LogP contribution in [0.15, 0.2) is 42.6 Å². The van der Waals surface area contributed by atoms with E-state index >= 15 is 0 Å². The summed E-state index contributed by atoms with van der Waals surface area (Å²) in [5, 5.41) is 6.94. The molecule has 2 N–H and O–H groups in total. The maximum atomic E-state index is 13.1. The molecule has 1 aliphatic rings. The molecule has 2 aromatic heterocycles. The molecule has 0 aliphatic carbocycles. The lowest BCUT2D eigenvalue weighted by molar-refractivity contribution is -0.114. The maximum Gasteiger partial charge on any atom is 0.257 e. The van der Waals surface area contributed by atoms with E-state index in [2.05, 4.69) is 20.6 Å². The third-order valence-electron chi connectivity index (χ3n) is 4.94. The number of pyridine rings is 2. The minimum Gasteiger partial charge on any atom is -0.354 e. The van der Waals surface area contributed by atoms with Gasteiger partial charge in [0.15, 0.2) is 5.65 Å². The Morgan fingerprint density at radius 2 is 1.83 bits per heavy atom. The van der Waals surface area contributed by atoms with Gasteiger partial charge in [0.2, 0.25) is 5.91 Å². The van der Waals surface area contributed by atoms with Crippen LogP contribution in [0.3, 0.4) is 0 Å². The normalized spacial score (nSPS) is 13.5. The van der Waals surface area contributed by atoms with E-state index in [1.54, 1.807) is 6.20 Å². The van der Waals surface area contributed by atoms with Gasteiger partial charge in [-0.15, -0.1) is 0 Å². The number of fused-ring (bicyclic) bond motifs is 1. The Labute approximate surface area is 169 Å². The molecule has 0 bridgehead atoms. The molecule has 148 valence electrons. The van der Waals surface area contributed by atoms with Crippen molar-refractivity contribution in [2.45, 2.75) is 26.7 Å². The summed E-state index contributed by atoms with van der Waals surface area (Å²) in [7, 11) is 0. The number of hydrogen-bond acceptors (Lipinski definition) is 5. The average Bonchev–Trinajstić information content (AvgIpc) is 3.22. The number of aromatic nitrogens is 2. The van der Waals surface area contributed by atoms with E-state index in [0.717, 1.165) is 42.7 Å². The van der Waals surface area contributed by atoms with Crippen LogP contribution < -0.4 is 10.6 Å². The van der Waals surface area contributed by atoms with E-state index in [0.29, 0.717) is 22.6 Å². The van der Waals surface area contributed by atoms with Gasteiger partial charge in [-0.25, -0.2) is 9.97 Å². The summed E-state index contributed by atoms with van der Waals surface area (Å²) in [5.41, 5.74) is 4.10. The molecule has 0 radical (unpaired) electrons. The van der Waals surface area contributed by atoms with Gasteiger partial charge in [-0.2, -0.15) is 0 Å². The van der Waals surface area contributed by atoms with Crippen LogP contribution in [0.2, 0.25) is 0 Å². The Balaban J connectivity index is 1.79. The second-order valence-corrected chi connectivity index (χ2v) is 7.26. The predicted molar refractivity (Wildman–Crippen MR) is 113 cm³/mol. The molecule has 0 unspecified atom stereocenters. The Kier molecular flexibility index (Phi) is 5.12. The van der Waals surface area contributed by atoms with Crippen molar-refractivity contribution in [3.63, 3.8) is 0 Å². The fraction of sp³-hybridized carbons (Fsp3) is 0.273. The summed E-state index contributed by atoms with van der Waals surface area (Å²) in [6.07, 6.45) is 3.65. The topological polar surface area (TPSA) is 87.2 Å². The maximum absolute atomic E-state index is 13.1. The van der Waals surface area contributed by atoms with Crippen LogP contribution >= 0.6 is 0 Å². The molecule has 1 aliphatic heterocycles. The Hall–Kier alpha value is -3.48. The van der Waals surface area contributed by atoms with Crippen molar-refractivity contribution in [1.29, 1.82) is 0 Å². The summed E-state index contributed by atoms with van der Waals surface area (Å²) < 4.78 is 0. The number of hydrogen-bond donors (Lipinski definition) is 2. The molecule has 0 atom stereocenters. The molecule has 3 aromatic rings. The SMILES string of the molecule is CC(=O)Nc1cccc(Nc2c(C(=O)N3CCCC3)cnc3nc(C)ccc23)c1. The molecule has 2 amide bonds. The number of aryl methyl sites for hydroxylation is 1. The average molecular weight is 389 g/mol. The first-order valence-electron chi connectivity index (χ1n) is 9.71. The quantitative estimate of drug-likeness (QED) is 0.707. The van der Waals surface area contributed by atoms with Crippen molar-refractivity contribution >= 4 is 39.9 Å². The van der Waals surface area contributed by atoms with Crippen molar-refractivity contribution < 1.29 is 9.59 Å². The van der Waals surface area contributed by atoms with Crippen LogP contribution in [0.5, 0.6) is 0 Å². The van der Waals surface area contributed by atoms with Crippen LogP contribution in [0.1, 0.15) is 35.8 Å². The van der Waals surface area contributed by atoms with Crippen molar-refractivity contribution in [3.05, 3.63) is 53.9 Å². The van der Waals surface area contributed by atoms with Gasteiger partial charge < -0.3 is 15.5 Å². The summed E-state index contributed by atoms with van der Waals surface area (Å²) in [6, 6.07) is 11.2. The number of carbonyl (C=O) groups is 2. The zero-order chi connectivity index (χ0) is 20.4. The molecule has 7 heteroatoms. The molecule has 0 saturated carbocycles. The zero-order valence-corrected chi connectivity index (χ0v) is 16.5. The minimum absolute atomic E-state index is 0.0296. The van der Waals surface area contributed by atoms with Crippen LogP contribution in [0.25, 0.3) is 11.0 Å². The Morgan fingerprint density at radius 3 is 2.59 bits per heavy atom. The van der Waals surface area contributed by atoms with E-state index in [4.69, 9.17) is 0 Å². The first kappa shape index (κ1) is 18.9. The molecule has 1 fully saturated rings. The number of carbonyl (C=O) groups excluding carboxylic acids is 2. The van der Waals surface area contributed by atoms with Crippen molar-refractivity contribution in [1.82, 2.24) is 14.9 Å². The summed E-state index contributed by atoms with van der Waals surface area (Å²) in [4.78, 5) is 35.3. The lowest BCUT2D eigenvalue weighted by Gasteiger charge is -2.19. The van der Waals surface area contributed by atoms with Gasteiger partial charge in [0.05, 0.1) is 11.3 Å². The molecule has 1 aromatic carbocycles. The number of rotatable bonds is 4. The zero-order valence-electron chi connectivity index (χ0n) is 16.5. The van der Waals surface area contributed by atoms with E-state index in [1.807, 2.05) is 48.2 Å². The molecule has 1 saturated heterocycles. The smallest absolute Gasteiger partial charge is 0.257 e. The van der Waals surface area contributed by atoms with Crippen molar-refractivity contribution in [3.8, 4) is 0 Å². The molecular weight excluding hydrogens is 366 g/mol. The van der Waals surface area contributed by atoms with Gasteiger partial charge in [-0.05, 0) is 50.1 Å². The van der Waals surface area contributed by atoms with Gasteiger partial charge in [0, 0.05) is 48.7 Å². The minimum atomic E-state index is -0.138. The largest absolute Gasteiger partial charge is 0.354 e. The van der Waals surface area contributed by atoms with Crippen molar-refractivity contribution in [2.75, 3.05) is 23.7 Å². The Bertz CT molecular complexity index is 1090. The number of anilines is 3. The molecular formula is C22H23N5O2. The highest BCUT2D eigenvalue weighted by Gasteiger charge is 2.24. The second kappa shape index (κ2) is 7.87. The first-order chi connectivity index (χ1) is 14.0. The van der Waals surface area contributed by atoms with Gasteiger partial charge in [0.1, 0.15) is 0 Å². The van der Waals surface area contributed by atoms with Gasteiger partial charge >= 0.3 is 0 Å². The fourth-order valence-electron chi connectivity index (χ4n) is 3.58. The fourth-order valence-corrected chi connectivity index (χ4v) is 3.58. The molecule has 0 spiro atoms. The number of nitrogens with one attached hydrogen (secondary N) is 2. The van der Waals surface area contributed by atoms with E-state index < -0.39 is 0 Å². The number of likely N-dealkylation sites (tertiary alicyclic amines) is 1. The second-order valence-electron chi connectivity index (χ2n) is 7.26. The third kappa shape index (κ3) is 4.03. The van der Waals surface area contributed by atoms with Gasteiger partial charge in [-0.3, -0.25) is 9.59 Å². The van der Waals surface area contributed by atoms with E-state index in [1.165, 1.54) is 6.92 Å². The number of nitrogens with zero attached hydrogens (tertiary/aromatic N) is 3. The predicted octanol–water partition coefficient (Wildman–Crippen LogP) is 3.88.